The molecule has 0 saturated carbocycles. The molecule has 0 saturated heterocycles. The van der Waals surface area contributed by atoms with Crippen molar-refractivity contribution in [1.82, 2.24) is 4.90 Å². The standard InChI is InChI=1S/C18H15P.C6H14ClN/c1-4-10-16(11-5-1)19(17-12-6-2-7-13-17)18-14-8-3-9-15-18;1-8(2)6-4-3-5-7/h1-15H;3-6H2,1-2H3. The van der Waals surface area contributed by atoms with Gasteiger partial charge in [0.05, 0.1) is 0 Å². The fourth-order valence-corrected chi connectivity index (χ4v) is 5.20. The minimum Gasteiger partial charge on any atom is -0.309 e. The Morgan fingerprint density at radius 2 is 1.00 bits per heavy atom. The van der Waals surface area contributed by atoms with Crippen LogP contribution in [0.15, 0.2) is 91.0 Å². The Morgan fingerprint density at radius 3 is 1.30 bits per heavy atom. The van der Waals surface area contributed by atoms with Gasteiger partial charge in [-0.2, -0.15) is 0 Å². The van der Waals surface area contributed by atoms with Gasteiger partial charge in [-0.1, -0.05) is 91.0 Å². The predicted molar refractivity (Wildman–Crippen MR) is 124 cm³/mol. The number of alkyl halides is 1. The Labute approximate surface area is 170 Å². The van der Waals surface area contributed by atoms with Gasteiger partial charge >= 0.3 is 0 Å². The summed E-state index contributed by atoms with van der Waals surface area (Å²) < 4.78 is 0. The molecule has 3 aromatic carbocycles. The molecule has 3 heteroatoms. The van der Waals surface area contributed by atoms with E-state index in [0.29, 0.717) is 0 Å². The fraction of sp³-hybridized carbons (Fsp3) is 0.250. The van der Waals surface area contributed by atoms with Crippen LogP contribution in [0.1, 0.15) is 12.8 Å². The Bertz CT molecular complexity index is 638. The maximum atomic E-state index is 5.47. The normalized spacial score (nSPS) is 10.6. The lowest BCUT2D eigenvalue weighted by Gasteiger charge is -2.18. The van der Waals surface area contributed by atoms with Crippen molar-refractivity contribution in [3.63, 3.8) is 0 Å². The van der Waals surface area contributed by atoms with E-state index in [1.165, 1.54) is 22.3 Å². The van der Waals surface area contributed by atoms with E-state index >= 15 is 0 Å². The lowest BCUT2D eigenvalue weighted by atomic mass is 10.3. The summed E-state index contributed by atoms with van der Waals surface area (Å²) in [5, 5.41) is 4.19. The molecule has 0 heterocycles. The molecule has 0 aliphatic rings. The van der Waals surface area contributed by atoms with Crippen LogP contribution in [0.5, 0.6) is 0 Å². The van der Waals surface area contributed by atoms with Crippen LogP contribution in [0.3, 0.4) is 0 Å². The van der Waals surface area contributed by atoms with Gasteiger partial charge in [0.25, 0.3) is 0 Å². The van der Waals surface area contributed by atoms with Gasteiger partial charge in [-0.25, -0.2) is 0 Å². The third-order valence-corrected chi connectivity index (χ3v) is 6.74. The first-order valence-corrected chi connectivity index (χ1v) is 11.3. The molecule has 0 unspecified atom stereocenters. The highest BCUT2D eigenvalue weighted by Gasteiger charge is 2.14. The number of rotatable bonds is 7. The smallest absolute Gasteiger partial charge is 0.0223 e. The number of hydrogen-bond donors (Lipinski definition) is 0. The lowest BCUT2D eigenvalue weighted by molar-refractivity contribution is 0.398. The quantitative estimate of drug-likeness (QED) is 0.307. The molecule has 0 N–H and O–H groups in total. The van der Waals surface area contributed by atoms with E-state index in [2.05, 4.69) is 110 Å². The second-order valence-corrected chi connectivity index (χ2v) is 9.14. The van der Waals surface area contributed by atoms with Gasteiger partial charge in [-0.3, -0.25) is 0 Å². The molecular formula is C24H29ClNP. The van der Waals surface area contributed by atoms with Gasteiger partial charge in [0, 0.05) is 5.88 Å². The first-order valence-electron chi connectivity index (χ1n) is 9.38. The van der Waals surface area contributed by atoms with Crippen LogP contribution in [-0.4, -0.2) is 31.4 Å². The molecular weight excluding hydrogens is 369 g/mol. The van der Waals surface area contributed by atoms with Crippen molar-refractivity contribution >= 4 is 35.4 Å². The largest absolute Gasteiger partial charge is 0.309 e. The van der Waals surface area contributed by atoms with Crippen molar-refractivity contribution < 1.29 is 0 Å². The van der Waals surface area contributed by atoms with E-state index in [-0.39, 0.29) is 0 Å². The van der Waals surface area contributed by atoms with E-state index in [9.17, 15) is 0 Å². The summed E-state index contributed by atoms with van der Waals surface area (Å²) in [5.74, 6) is 0.799. The minimum atomic E-state index is -0.446. The highest BCUT2D eigenvalue weighted by atomic mass is 35.5. The van der Waals surface area contributed by atoms with E-state index in [1.54, 1.807) is 0 Å². The second-order valence-electron chi connectivity index (χ2n) is 6.54. The molecule has 0 bridgehead atoms. The van der Waals surface area contributed by atoms with Crippen LogP contribution < -0.4 is 15.9 Å². The van der Waals surface area contributed by atoms with Crippen LogP contribution >= 0.6 is 19.5 Å². The SMILES string of the molecule is CN(C)CCCCCl.c1ccc(P(c2ccccc2)c2ccccc2)cc1. The summed E-state index contributed by atoms with van der Waals surface area (Å²) in [6.45, 7) is 1.16. The molecule has 3 aromatic rings. The van der Waals surface area contributed by atoms with E-state index in [1.807, 2.05) is 0 Å². The van der Waals surface area contributed by atoms with E-state index in [0.717, 1.165) is 18.8 Å². The molecule has 3 rings (SSSR count). The maximum Gasteiger partial charge on any atom is 0.0223 e. The first kappa shape index (κ1) is 21.6. The second kappa shape index (κ2) is 12.7. The monoisotopic (exact) mass is 397 g/mol. The summed E-state index contributed by atoms with van der Waals surface area (Å²) in [6.07, 6.45) is 2.36. The molecule has 0 fully saturated rings. The topological polar surface area (TPSA) is 3.24 Å². The van der Waals surface area contributed by atoms with Gasteiger partial charge in [0.2, 0.25) is 0 Å². The predicted octanol–water partition coefficient (Wildman–Crippen LogP) is 5.01. The minimum absolute atomic E-state index is 0.446. The van der Waals surface area contributed by atoms with Crippen molar-refractivity contribution in [3.8, 4) is 0 Å². The van der Waals surface area contributed by atoms with Gasteiger partial charge in [0.15, 0.2) is 0 Å². The molecule has 0 atom stereocenters. The zero-order valence-electron chi connectivity index (χ0n) is 16.3. The highest BCUT2D eigenvalue weighted by molar-refractivity contribution is 7.79. The van der Waals surface area contributed by atoms with Crippen LogP contribution in [0.2, 0.25) is 0 Å². The first-order chi connectivity index (χ1) is 13.2. The Hall–Kier alpha value is -1.66. The summed E-state index contributed by atoms with van der Waals surface area (Å²) >= 11 is 5.47. The fourth-order valence-electron chi connectivity index (χ4n) is 2.70. The molecule has 142 valence electrons. The zero-order valence-corrected chi connectivity index (χ0v) is 17.9. The molecule has 0 radical (unpaired) electrons. The zero-order chi connectivity index (χ0) is 19.3. The van der Waals surface area contributed by atoms with Gasteiger partial charge in [0.1, 0.15) is 0 Å². The van der Waals surface area contributed by atoms with Crippen molar-refractivity contribution in [3.05, 3.63) is 91.0 Å². The summed E-state index contributed by atoms with van der Waals surface area (Å²) in [6, 6.07) is 32.3. The lowest BCUT2D eigenvalue weighted by Crippen LogP contribution is -2.20. The average molecular weight is 398 g/mol. The molecule has 0 amide bonds. The van der Waals surface area contributed by atoms with Gasteiger partial charge in [-0.05, 0) is 57.3 Å². The van der Waals surface area contributed by atoms with Crippen LogP contribution in [0.4, 0.5) is 0 Å². The molecule has 0 aliphatic heterocycles. The van der Waals surface area contributed by atoms with Crippen molar-refractivity contribution in [2.75, 3.05) is 26.5 Å². The maximum absolute atomic E-state index is 5.47. The molecule has 0 aliphatic carbocycles. The average Bonchev–Trinajstić information content (AvgIpc) is 2.71. The Balaban J connectivity index is 0.000000279. The molecule has 27 heavy (non-hydrogen) atoms. The van der Waals surface area contributed by atoms with Gasteiger partial charge in [-0.15, -0.1) is 11.6 Å². The number of halogens is 1. The van der Waals surface area contributed by atoms with Crippen LogP contribution in [0.25, 0.3) is 0 Å². The summed E-state index contributed by atoms with van der Waals surface area (Å²) in [4.78, 5) is 2.17. The molecule has 0 spiro atoms. The highest BCUT2D eigenvalue weighted by Crippen LogP contribution is 2.32. The van der Waals surface area contributed by atoms with Crippen LogP contribution in [-0.2, 0) is 0 Å². The number of benzene rings is 3. The van der Waals surface area contributed by atoms with Gasteiger partial charge < -0.3 is 4.90 Å². The third kappa shape index (κ3) is 7.85. The molecule has 1 nitrogen and oxygen atoms in total. The van der Waals surface area contributed by atoms with E-state index in [4.69, 9.17) is 11.6 Å². The van der Waals surface area contributed by atoms with E-state index < -0.39 is 7.92 Å². The van der Waals surface area contributed by atoms with Crippen molar-refractivity contribution in [2.45, 2.75) is 12.8 Å². The number of unbranched alkanes of at least 4 members (excludes halogenated alkanes) is 1. The third-order valence-electron chi connectivity index (χ3n) is 4.03. The summed E-state index contributed by atoms with van der Waals surface area (Å²) in [5.41, 5.74) is 0. The van der Waals surface area contributed by atoms with Crippen molar-refractivity contribution in [2.24, 2.45) is 0 Å². The number of hydrogen-bond acceptors (Lipinski definition) is 1. The summed E-state index contributed by atoms with van der Waals surface area (Å²) in [7, 11) is 3.71. The molecule has 0 aromatic heterocycles. The Morgan fingerprint density at radius 1 is 0.630 bits per heavy atom. The number of nitrogens with zero attached hydrogens (tertiary/aromatic N) is 1. The van der Waals surface area contributed by atoms with Crippen LogP contribution in [0, 0.1) is 0 Å². The van der Waals surface area contributed by atoms with Crippen molar-refractivity contribution in [1.29, 1.82) is 0 Å². The Kier molecular flexibility index (Phi) is 10.2.